The van der Waals surface area contributed by atoms with Crippen molar-refractivity contribution in [1.29, 1.82) is 0 Å². The largest absolute Gasteiger partial charge is 0.465 e. The van der Waals surface area contributed by atoms with Crippen molar-refractivity contribution < 1.29 is 14.6 Å². The Balaban J connectivity index is 1.93. The molecule has 2 unspecified atom stereocenters. The normalized spacial score (nSPS) is 19.4. The lowest BCUT2D eigenvalue weighted by Crippen LogP contribution is -2.30. The highest BCUT2D eigenvalue weighted by Crippen LogP contribution is 2.36. The molecule has 23 heavy (non-hydrogen) atoms. The SMILES string of the molecule is CCOC(=O)CNC1Cc2ccccc2C(O)c2ccccc21. The molecule has 2 N–H and O–H groups in total. The number of esters is 1. The molecule has 1 aliphatic rings. The van der Waals surface area contributed by atoms with Crippen molar-refractivity contribution in [2.75, 3.05) is 13.2 Å². The van der Waals surface area contributed by atoms with E-state index in [-0.39, 0.29) is 18.6 Å². The molecule has 0 spiro atoms. The van der Waals surface area contributed by atoms with Crippen LogP contribution in [-0.4, -0.2) is 24.2 Å². The number of hydrogen-bond acceptors (Lipinski definition) is 4. The zero-order valence-corrected chi connectivity index (χ0v) is 13.2. The summed E-state index contributed by atoms with van der Waals surface area (Å²) in [5.41, 5.74) is 3.94. The molecule has 2 aromatic carbocycles. The van der Waals surface area contributed by atoms with Crippen LogP contribution in [-0.2, 0) is 16.0 Å². The molecule has 2 atom stereocenters. The molecule has 0 aliphatic heterocycles. The highest BCUT2D eigenvalue weighted by molar-refractivity contribution is 5.71. The summed E-state index contributed by atoms with van der Waals surface area (Å²) in [7, 11) is 0. The summed E-state index contributed by atoms with van der Waals surface area (Å²) in [6.07, 6.45) is 0.0840. The Hall–Kier alpha value is -2.17. The molecule has 4 nitrogen and oxygen atoms in total. The molecule has 0 aromatic heterocycles. The Morgan fingerprint density at radius 2 is 1.78 bits per heavy atom. The third-order valence-electron chi connectivity index (χ3n) is 4.24. The topological polar surface area (TPSA) is 58.6 Å². The maximum atomic E-state index is 11.7. The third kappa shape index (κ3) is 3.28. The number of aliphatic hydroxyl groups is 1. The average Bonchev–Trinajstić information content (AvgIpc) is 2.69. The quantitative estimate of drug-likeness (QED) is 0.852. The average molecular weight is 311 g/mol. The van der Waals surface area contributed by atoms with Gasteiger partial charge in [0.25, 0.3) is 0 Å². The lowest BCUT2D eigenvalue weighted by atomic mass is 9.96. The Labute approximate surface area is 136 Å². The number of fused-ring (bicyclic) bond motifs is 2. The predicted molar refractivity (Wildman–Crippen MR) is 88.0 cm³/mol. The van der Waals surface area contributed by atoms with Gasteiger partial charge >= 0.3 is 5.97 Å². The number of ether oxygens (including phenoxy) is 1. The summed E-state index contributed by atoms with van der Waals surface area (Å²) < 4.78 is 4.99. The number of carbonyl (C=O) groups is 1. The van der Waals surface area contributed by atoms with Gasteiger partial charge in [-0.1, -0.05) is 48.5 Å². The summed E-state index contributed by atoms with van der Waals surface area (Å²) in [5.74, 6) is -0.261. The van der Waals surface area contributed by atoms with E-state index in [4.69, 9.17) is 4.74 Å². The van der Waals surface area contributed by atoms with Gasteiger partial charge in [-0.25, -0.2) is 0 Å². The van der Waals surface area contributed by atoms with E-state index in [9.17, 15) is 9.90 Å². The van der Waals surface area contributed by atoms with Gasteiger partial charge in [-0.2, -0.15) is 0 Å². The second-order valence-electron chi connectivity index (χ2n) is 5.67. The van der Waals surface area contributed by atoms with E-state index in [0.29, 0.717) is 6.61 Å². The summed E-state index contributed by atoms with van der Waals surface area (Å²) in [4.78, 5) is 11.7. The number of benzene rings is 2. The minimum atomic E-state index is -0.642. The molecule has 2 aromatic rings. The van der Waals surface area contributed by atoms with E-state index in [0.717, 1.165) is 28.7 Å². The monoisotopic (exact) mass is 311 g/mol. The van der Waals surface area contributed by atoms with Crippen LogP contribution < -0.4 is 5.32 Å². The van der Waals surface area contributed by atoms with Gasteiger partial charge in [-0.15, -0.1) is 0 Å². The highest BCUT2D eigenvalue weighted by atomic mass is 16.5. The summed E-state index contributed by atoms with van der Waals surface area (Å²) in [6.45, 7) is 2.33. The predicted octanol–water partition coefficient (Wildman–Crippen LogP) is 2.52. The minimum Gasteiger partial charge on any atom is -0.465 e. The summed E-state index contributed by atoms with van der Waals surface area (Å²) >= 11 is 0. The molecular formula is C19H21NO3. The molecular weight excluding hydrogens is 290 g/mol. The number of hydrogen-bond donors (Lipinski definition) is 2. The zero-order chi connectivity index (χ0) is 16.2. The van der Waals surface area contributed by atoms with Crippen molar-refractivity contribution in [1.82, 2.24) is 5.32 Å². The Bertz CT molecular complexity index is 699. The van der Waals surface area contributed by atoms with Crippen LogP contribution in [0.15, 0.2) is 48.5 Å². The number of carbonyl (C=O) groups excluding carboxylic acids is 1. The van der Waals surface area contributed by atoms with Crippen LogP contribution in [0.2, 0.25) is 0 Å². The van der Waals surface area contributed by atoms with E-state index in [1.807, 2.05) is 48.5 Å². The second-order valence-corrected chi connectivity index (χ2v) is 5.67. The molecule has 0 saturated heterocycles. The standard InChI is InChI=1S/C19H21NO3/c1-2-23-18(21)12-20-17-11-13-7-3-4-8-14(13)19(22)16-10-6-5-9-15(16)17/h3-10,17,19-20,22H,2,11-12H2,1H3. The molecule has 3 rings (SSSR count). The minimum absolute atomic E-state index is 0.0334. The zero-order valence-electron chi connectivity index (χ0n) is 13.2. The molecule has 1 aliphatic carbocycles. The lowest BCUT2D eigenvalue weighted by Gasteiger charge is -2.19. The Morgan fingerprint density at radius 1 is 1.13 bits per heavy atom. The van der Waals surface area contributed by atoms with Gasteiger partial charge < -0.3 is 9.84 Å². The molecule has 0 radical (unpaired) electrons. The van der Waals surface area contributed by atoms with Crippen LogP contribution in [0.4, 0.5) is 0 Å². The van der Waals surface area contributed by atoms with Gasteiger partial charge in [0.1, 0.15) is 6.10 Å². The maximum Gasteiger partial charge on any atom is 0.319 e. The fourth-order valence-corrected chi connectivity index (χ4v) is 3.16. The fourth-order valence-electron chi connectivity index (χ4n) is 3.16. The van der Waals surface area contributed by atoms with Crippen LogP contribution >= 0.6 is 0 Å². The van der Waals surface area contributed by atoms with E-state index in [1.54, 1.807) is 6.92 Å². The molecule has 0 bridgehead atoms. The van der Waals surface area contributed by atoms with Crippen molar-refractivity contribution in [3.05, 3.63) is 70.8 Å². The van der Waals surface area contributed by atoms with Gasteiger partial charge in [-0.05, 0) is 35.6 Å². The highest BCUT2D eigenvalue weighted by Gasteiger charge is 2.27. The first-order valence-corrected chi connectivity index (χ1v) is 7.94. The van der Waals surface area contributed by atoms with Crippen LogP contribution in [0.3, 0.4) is 0 Å². The Kier molecular flexibility index (Phi) is 4.74. The van der Waals surface area contributed by atoms with E-state index >= 15 is 0 Å². The van der Waals surface area contributed by atoms with Crippen LogP contribution in [0.5, 0.6) is 0 Å². The number of rotatable bonds is 4. The van der Waals surface area contributed by atoms with Crippen molar-refractivity contribution in [3.8, 4) is 0 Å². The maximum absolute atomic E-state index is 11.7. The molecule has 0 amide bonds. The molecule has 0 heterocycles. The molecule has 120 valence electrons. The third-order valence-corrected chi connectivity index (χ3v) is 4.24. The van der Waals surface area contributed by atoms with Crippen molar-refractivity contribution in [3.63, 3.8) is 0 Å². The first kappa shape index (κ1) is 15.7. The first-order chi connectivity index (χ1) is 11.2. The van der Waals surface area contributed by atoms with Gasteiger partial charge in [0.05, 0.1) is 13.2 Å². The van der Waals surface area contributed by atoms with Gasteiger partial charge in [0, 0.05) is 6.04 Å². The molecule has 0 fully saturated rings. The fraction of sp³-hybridized carbons (Fsp3) is 0.316. The Morgan fingerprint density at radius 3 is 2.52 bits per heavy atom. The lowest BCUT2D eigenvalue weighted by molar-refractivity contribution is -0.142. The smallest absolute Gasteiger partial charge is 0.319 e. The van der Waals surface area contributed by atoms with E-state index < -0.39 is 6.10 Å². The summed E-state index contributed by atoms with van der Waals surface area (Å²) in [6, 6.07) is 15.7. The molecule has 0 saturated carbocycles. The van der Waals surface area contributed by atoms with Gasteiger partial charge in [-0.3, -0.25) is 10.1 Å². The van der Waals surface area contributed by atoms with E-state index in [1.165, 1.54) is 0 Å². The first-order valence-electron chi connectivity index (χ1n) is 7.94. The number of nitrogens with one attached hydrogen (secondary N) is 1. The van der Waals surface area contributed by atoms with E-state index in [2.05, 4.69) is 5.32 Å². The second kappa shape index (κ2) is 6.94. The van der Waals surface area contributed by atoms with Crippen molar-refractivity contribution in [2.24, 2.45) is 0 Å². The van der Waals surface area contributed by atoms with Crippen LogP contribution in [0.25, 0.3) is 0 Å². The number of aliphatic hydroxyl groups excluding tert-OH is 1. The van der Waals surface area contributed by atoms with Crippen LogP contribution in [0, 0.1) is 0 Å². The van der Waals surface area contributed by atoms with Gasteiger partial charge in [0.15, 0.2) is 0 Å². The molecule has 4 heteroatoms. The summed E-state index contributed by atoms with van der Waals surface area (Å²) in [5, 5.41) is 14.0. The van der Waals surface area contributed by atoms with Crippen LogP contribution in [0.1, 0.15) is 41.3 Å². The van der Waals surface area contributed by atoms with Crippen molar-refractivity contribution in [2.45, 2.75) is 25.5 Å². The van der Waals surface area contributed by atoms with Crippen molar-refractivity contribution >= 4 is 5.97 Å². The van der Waals surface area contributed by atoms with Gasteiger partial charge in [0.2, 0.25) is 0 Å².